The topological polar surface area (TPSA) is 64.4 Å². The third kappa shape index (κ3) is 4.85. The number of ether oxygens (including phenoxy) is 1. The maximum absolute atomic E-state index is 11.3. The number of carbonyl (C=O) groups is 1. The Morgan fingerprint density at radius 1 is 1.71 bits per heavy atom. The molecule has 0 aliphatic carbocycles. The Balaban J connectivity index is 3.92. The molecule has 0 saturated heterocycles. The van der Waals surface area contributed by atoms with Crippen molar-refractivity contribution in [1.82, 2.24) is 5.32 Å². The number of terminal acetylenes is 1. The minimum Gasteiger partial charge on any atom is -0.377 e. The fraction of sp³-hybridized carbons (Fsp3) is 0.700. The Morgan fingerprint density at radius 2 is 2.29 bits per heavy atom. The number of hydrogen-bond acceptors (Lipinski definition) is 3. The van der Waals surface area contributed by atoms with Crippen molar-refractivity contribution < 1.29 is 9.53 Å². The zero-order valence-corrected chi connectivity index (χ0v) is 8.96. The summed E-state index contributed by atoms with van der Waals surface area (Å²) in [5, 5.41) is 2.67. The molecular formula is C10H18N2O2. The summed E-state index contributed by atoms with van der Waals surface area (Å²) in [5.74, 6) is 2.10. The van der Waals surface area contributed by atoms with Gasteiger partial charge in [-0.15, -0.1) is 12.3 Å². The standard InChI is InChI=1S/C10H18N2O2/c1-5-6-8(11)9(13)12-7-10(2,3)14-4/h1,8H,6-7,11H2,2-4H3,(H,12,13). The molecule has 1 amide bonds. The maximum Gasteiger partial charge on any atom is 0.238 e. The van der Waals surface area contributed by atoms with Crippen molar-refractivity contribution in [2.24, 2.45) is 5.73 Å². The van der Waals surface area contributed by atoms with Crippen LogP contribution in [0.4, 0.5) is 0 Å². The Kier molecular flexibility index (Phi) is 5.21. The van der Waals surface area contributed by atoms with Gasteiger partial charge < -0.3 is 15.8 Å². The molecule has 0 fully saturated rings. The molecule has 0 bridgehead atoms. The molecule has 4 heteroatoms. The lowest BCUT2D eigenvalue weighted by Crippen LogP contribution is -2.46. The molecule has 0 aromatic rings. The van der Waals surface area contributed by atoms with Gasteiger partial charge in [-0.25, -0.2) is 0 Å². The first-order chi connectivity index (χ1) is 6.43. The second-order valence-corrected chi connectivity index (χ2v) is 3.70. The van der Waals surface area contributed by atoms with Gasteiger partial charge in [0.05, 0.1) is 11.6 Å². The van der Waals surface area contributed by atoms with Crippen LogP contribution in [0.15, 0.2) is 0 Å². The molecule has 4 nitrogen and oxygen atoms in total. The molecule has 0 spiro atoms. The molecule has 0 saturated carbocycles. The molecule has 0 rings (SSSR count). The molecule has 80 valence electrons. The number of nitrogens with one attached hydrogen (secondary N) is 1. The van der Waals surface area contributed by atoms with Gasteiger partial charge in [0.1, 0.15) is 0 Å². The Labute approximate surface area is 85.2 Å². The van der Waals surface area contributed by atoms with Crippen molar-refractivity contribution >= 4 is 5.91 Å². The lowest BCUT2D eigenvalue weighted by molar-refractivity contribution is -0.123. The van der Waals surface area contributed by atoms with Gasteiger partial charge in [0.15, 0.2) is 0 Å². The fourth-order valence-corrected chi connectivity index (χ4v) is 0.723. The van der Waals surface area contributed by atoms with Crippen LogP contribution in [-0.2, 0) is 9.53 Å². The van der Waals surface area contributed by atoms with Crippen LogP contribution in [0.2, 0.25) is 0 Å². The number of methoxy groups -OCH3 is 1. The number of rotatable bonds is 5. The number of carbonyl (C=O) groups excluding carboxylic acids is 1. The maximum atomic E-state index is 11.3. The monoisotopic (exact) mass is 198 g/mol. The van der Waals surface area contributed by atoms with Crippen molar-refractivity contribution in [2.75, 3.05) is 13.7 Å². The van der Waals surface area contributed by atoms with Crippen LogP contribution in [0, 0.1) is 12.3 Å². The smallest absolute Gasteiger partial charge is 0.238 e. The van der Waals surface area contributed by atoms with E-state index in [9.17, 15) is 4.79 Å². The van der Waals surface area contributed by atoms with Crippen molar-refractivity contribution in [3.8, 4) is 12.3 Å². The Morgan fingerprint density at radius 3 is 2.71 bits per heavy atom. The van der Waals surface area contributed by atoms with E-state index in [1.807, 2.05) is 13.8 Å². The summed E-state index contributed by atoms with van der Waals surface area (Å²) in [6, 6.07) is -0.632. The van der Waals surface area contributed by atoms with E-state index in [2.05, 4.69) is 11.2 Å². The Hall–Kier alpha value is -1.05. The van der Waals surface area contributed by atoms with Crippen LogP contribution in [0.3, 0.4) is 0 Å². The molecule has 14 heavy (non-hydrogen) atoms. The summed E-state index contributed by atoms with van der Waals surface area (Å²) in [4.78, 5) is 11.3. The van der Waals surface area contributed by atoms with Gasteiger partial charge in [0.2, 0.25) is 5.91 Å². The van der Waals surface area contributed by atoms with Gasteiger partial charge in [-0.05, 0) is 13.8 Å². The van der Waals surface area contributed by atoms with Crippen LogP contribution in [0.25, 0.3) is 0 Å². The highest BCUT2D eigenvalue weighted by molar-refractivity contribution is 5.81. The number of nitrogens with two attached hydrogens (primary N) is 1. The second-order valence-electron chi connectivity index (χ2n) is 3.70. The lowest BCUT2D eigenvalue weighted by atomic mass is 10.1. The molecule has 0 heterocycles. The summed E-state index contributed by atoms with van der Waals surface area (Å²) >= 11 is 0. The third-order valence-corrected chi connectivity index (χ3v) is 1.92. The SMILES string of the molecule is C#CCC(N)C(=O)NCC(C)(C)OC. The van der Waals surface area contributed by atoms with Gasteiger partial charge in [0, 0.05) is 20.1 Å². The first-order valence-corrected chi connectivity index (χ1v) is 4.45. The van der Waals surface area contributed by atoms with Crippen molar-refractivity contribution in [2.45, 2.75) is 31.9 Å². The Bertz CT molecular complexity index is 231. The van der Waals surface area contributed by atoms with Gasteiger partial charge in [0.25, 0.3) is 0 Å². The normalized spacial score (nSPS) is 13.1. The van der Waals surface area contributed by atoms with E-state index in [4.69, 9.17) is 16.9 Å². The highest BCUT2D eigenvalue weighted by Gasteiger charge is 2.19. The predicted octanol–water partition coefficient (Wildman–Crippen LogP) is -0.122. The van der Waals surface area contributed by atoms with Gasteiger partial charge >= 0.3 is 0 Å². The average Bonchev–Trinajstić information content (AvgIpc) is 2.15. The quantitative estimate of drug-likeness (QED) is 0.605. The van der Waals surface area contributed by atoms with E-state index in [-0.39, 0.29) is 17.9 Å². The highest BCUT2D eigenvalue weighted by Crippen LogP contribution is 2.04. The number of amides is 1. The minimum atomic E-state index is -0.632. The van der Waals surface area contributed by atoms with Crippen LogP contribution in [0.1, 0.15) is 20.3 Å². The van der Waals surface area contributed by atoms with Crippen molar-refractivity contribution in [1.29, 1.82) is 0 Å². The summed E-state index contributed by atoms with van der Waals surface area (Å²) in [5.41, 5.74) is 5.12. The molecule has 1 unspecified atom stereocenters. The number of hydrogen-bond donors (Lipinski definition) is 2. The molecular weight excluding hydrogens is 180 g/mol. The van der Waals surface area contributed by atoms with E-state index >= 15 is 0 Å². The highest BCUT2D eigenvalue weighted by atomic mass is 16.5. The minimum absolute atomic E-state index is 0.243. The van der Waals surface area contributed by atoms with E-state index in [0.717, 1.165) is 0 Å². The van der Waals surface area contributed by atoms with Crippen LogP contribution in [0.5, 0.6) is 0 Å². The zero-order chi connectivity index (χ0) is 11.2. The summed E-state index contributed by atoms with van der Waals surface area (Å²) < 4.78 is 5.13. The van der Waals surface area contributed by atoms with Crippen molar-refractivity contribution in [3.05, 3.63) is 0 Å². The van der Waals surface area contributed by atoms with Crippen LogP contribution >= 0.6 is 0 Å². The van der Waals surface area contributed by atoms with E-state index in [1.165, 1.54) is 0 Å². The molecule has 3 N–H and O–H groups in total. The average molecular weight is 198 g/mol. The van der Waals surface area contributed by atoms with Crippen LogP contribution < -0.4 is 11.1 Å². The molecule has 0 aromatic heterocycles. The molecule has 1 atom stereocenters. The molecule has 0 radical (unpaired) electrons. The molecule has 0 aromatic carbocycles. The van der Waals surface area contributed by atoms with Crippen molar-refractivity contribution in [3.63, 3.8) is 0 Å². The van der Waals surface area contributed by atoms with E-state index in [1.54, 1.807) is 7.11 Å². The van der Waals surface area contributed by atoms with E-state index < -0.39 is 6.04 Å². The lowest BCUT2D eigenvalue weighted by Gasteiger charge is -2.23. The first kappa shape index (κ1) is 12.9. The zero-order valence-electron chi connectivity index (χ0n) is 8.96. The second kappa shape index (κ2) is 5.63. The third-order valence-electron chi connectivity index (χ3n) is 1.92. The van der Waals surface area contributed by atoms with Gasteiger partial charge in [-0.1, -0.05) is 0 Å². The van der Waals surface area contributed by atoms with Crippen LogP contribution in [-0.4, -0.2) is 31.2 Å². The fourth-order valence-electron chi connectivity index (χ4n) is 0.723. The summed E-state index contributed by atoms with van der Waals surface area (Å²) in [7, 11) is 1.59. The largest absolute Gasteiger partial charge is 0.377 e. The van der Waals surface area contributed by atoms with Gasteiger partial charge in [-0.3, -0.25) is 4.79 Å². The van der Waals surface area contributed by atoms with E-state index in [0.29, 0.717) is 6.54 Å². The molecule has 0 aliphatic rings. The summed E-state index contributed by atoms with van der Waals surface area (Å²) in [6.07, 6.45) is 5.29. The first-order valence-electron chi connectivity index (χ1n) is 4.45. The summed E-state index contributed by atoms with van der Waals surface area (Å²) in [6.45, 7) is 4.17. The van der Waals surface area contributed by atoms with Gasteiger partial charge in [-0.2, -0.15) is 0 Å². The predicted molar refractivity (Wildman–Crippen MR) is 55.5 cm³/mol. The molecule has 0 aliphatic heterocycles.